The highest BCUT2D eigenvalue weighted by atomic mass is 35.5. The number of carbonyl (C=O) groups is 1. The number of nitrogens with zero attached hydrogens (tertiary/aromatic N) is 2. The van der Waals surface area contributed by atoms with E-state index in [9.17, 15) is 9.59 Å². The van der Waals surface area contributed by atoms with Gasteiger partial charge in [-0.25, -0.2) is 4.98 Å². The van der Waals surface area contributed by atoms with Crippen molar-refractivity contribution in [3.63, 3.8) is 0 Å². The molecule has 0 amide bonds. The molecule has 0 radical (unpaired) electrons. The van der Waals surface area contributed by atoms with Crippen LogP contribution in [0.4, 0.5) is 11.5 Å². The summed E-state index contributed by atoms with van der Waals surface area (Å²) in [4.78, 5) is 30.4. The summed E-state index contributed by atoms with van der Waals surface area (Å²) in [6.07, 6.45) is 0.690. The fourth-order valence-electron chi connectivity index (χ4n) is 3.65. The van der Waals surface area contributed by atoms with Gasteiger partial charge in [-0.05, 0) is 29.7 Å². The van der Waals surface area contributed by atoms with E-state index in [1.165, 1.54) is 4.57 Å². The van der Waals surface area contributed by atoms with Crippen LogP contribution in [-0.2, 0) is 29.1 Å². The van der Waals surface area contributed by atoms with Gasteiger partial charge >= 0.3 is 5.97 Å². The molecule has 0 saturated carbocycles. The average molecular weight is 489 g/mol. The zero-order valence-corrected chi connectivity index (χ0v) is 19.7. The Labute approximate surface area is 208 Å². The van der Waals surface area contributed by atoms with Crippen molar-refractivity contribution >= 4 is 29.1 Å². The van der Waals surface area contributed by atoms with E-state index in [0.717, 1.165) is 11.1 Å². The molecule has 4 aromatic rings. The highest BCUT2D eigenvalue weighted by Gasteiger charge is 2.20. The number of nitrogens with one attached hydrogen (secondary N) is 1. The Morgan fingerprint density at radius 1 is 0.971 bits per heavy atom. The van der Waals surface area contributed by atoms with Crippen molar-refractivity contribution in [2.75, 3.05) is 17.6 Å². The van der Waals surface area contributed by atoms with E-state index in [-0.39, 0.29) is 24.1 Å². The van der Waals surface area contributed by atoms with E-state index in [0.29, 0.717) is 29.9 Å². The molecule has 0 saturated heterocycles. The predicted molar refractivity (Wildman–Crippen MR) is 138 cm³/mol. The highest BCUT2D eigenvalue weighted by Crippen LogP contribution is 2.27. The lowest BCUT2D eigenvalue weighted by Gasteiger charge is -2.16. The maximum atomic E-state index is 13.4. The number of hydrogen-bond acceptors (Lipinski definition) is 6. The number of esters is 1. The molecular formula is C27H25ClN4O3. The van der Waals surface area contributed by atoms with Gasteiger partial charge in [0, 0.05) is 17.8 Å². The smallest absolute Gasteiger partial charge is 0.326 e. The lowest BCUT2D eigenvalue weighted by Crippen LogP contribution is -2.30. The third kappa shape index (κ3) is 6.28. The Morgan fingerprint density at radius 3 is 2.34 bits per heavy atom. The fourth-order valence-corrected chi connectivity index (χ4v) is 3.94. The van der Waals surface area contributed by atoms with Crippen molar-refractivity contribution in [2.45, 2.75) is 19.6 Å². The molecule has 0 unspecified atom stereocenters. The van der Waals surface area contributed by atoms with Crippen molar-refractivity contribution in [1.29, 1.82) is 0 Å². The Balaban J connectivity index is 1.61. The molecule has 0 fully saturated rings. The summed E-state index contributed by atoms with van der Waals surface area (Å²) in [5.74, 6) is -0.506. The van der Waals surface area contributed by atoms with Gasteiger partial charge in [0.1, 0.15) is 13.2 Å². The zero-order chi connectivity index (χ0) is 24.6. The number of halogens is 1. The lowest BCUT2D eigenvalue weighted by atomic mass is 10.1. The summed E-state index contributed by atoms with van der Waals surface area (Å²) in [7, 11) is 0. The van der Waals surface area contributed by atoms with Crippen molar-refractivity contribution in [1.82, 2.24) is 9.55 Å². The number of carbonyl (C=O) groups excluding carboxylic acids is 1. The molecule has 7 nitrogen and oxygen atoms in total. The minimum absolute atomic E-state index is 0.0643. The second kappa shape index (κ2) is 11.4. The molecular weight excluding hydrogens is 464 g/mol. The van der Waals surface area contributed by atoms with Gasteiger partial charge in [0.15, 0.2) is 11.0 Å². The summed E-state index contributed by atoms with van der Waals surface area (Å²) in [5.41, 5.74) is 8.80. The number of aromatic nitrogens is 2. The fraction of sp³-hybridized carbons (Fsp3) is 0.148. The van der Waals surface area contributed by atoms with E-state index in [1.54, 1.807) is 24.3 Å². The molecule has 0 atom stereocenters. The van der Waals surface area contributed by atoms with Crippen LogP contribution in [0.5, 0.6) is 0 Å². The number of ether oxygens (including phenoxy) is 1. The van der Waals surface area contributed by atoms with E-state index < -0.39 is 11.5 Å². The van der Waals surface area contributed by atoms with Gasteiger partial charge in [0.25, 0.3) is 5.56 Å². The van der Waals surface area contributed by atoms with Gasteiger partial charge in [0.05, 0.1) is 5.69 Å². The van der Waals surface area contributed by atoms with Crippen LogP contribution in [0.3, 0.4) is 0 Å². The third-order valence-electron chi connectivity index (χ3n) is 5.36. The van der Waals surface area contributed by atoms with Gasteiger partial charge in [-0.1, -0.05) is 84.4 Å². The number of nitrogens with two attached hydrogens (primary N) is 1. The van der Waals surface area contributed by atoms with Crippen molar-refractivity contribution in [3.05, 3.63) is 112 Å². The van der Waals surface area contributed by atoms with Crippen molar-refractivity contribution in [2.24, 2.45) is 0 Å². The predicted octanol–water partition coefficient (Wildman–Crippen LogP) is 4.54. The number of benzene rings is 3. The van der Waals surface area contributed by atoms with E-state index in [2.05, 4.69) is 10.3 Å². The first-order valence-corrected chi connectivity index (χ1v) is 11.5. The van der Waals surface area contributed by atoms with Crippen LogP contribution in [0.1, 0.15) is 11.1 Å². The first kappa shape index (κ1) is 24.0. The summed E-state index contributed by atoms with van der Waals surface area (Å²) in [5, 5.41) is 3.14. The molecule has 4 rings (SSSR count). The summed E-state index contributed by atoms with van der Waals surface area (Å²) < 4.78 is 6.69. The number of rotatable bonds is 9. The molecule has 0 aliphatic carbocycles. The van der Waals surface area contributed by atoms with E-state index in [4.69, 9.17) is 22.1 Å². The van der Waals surface area contributed by atoms with Crippen LogP contribution in [0.15, 0.2) is 89.7 Å². The van der Waals surface area contributed by atoms with E-state index >= 15 is 0 Å². The Bertz CT molecular complexity index is 1360. The van der Waals surface area contributed by atoms with Gasteiger partial charge in [-0.3, -0.25) is 14.2 Å². The molecule has 0 bridgehead atoms. The Hall–Kier alpha value is -4.10. The standard InChI is InChI=1S/C27H25ClN4O3/c28-25-24(21-12-7-13-22(29)16-21)32(17-23(33)35-18-20-10-5-2-6-11-20)27(34)26(31-25)30-15-14-19-8-3-1-4-9-19/h1-13,16H,14-15,17-18,29H2,(H,30,31). The van der Waals surface area contributed by atoms with Crippen LogP contribution in [-0.4, -0.2) is 22.1 Å². The molecule has 1 heterocycles. The second-order valence-corrected chi connectivity index (χ2v) is 8.28. The monoisotopic (exact) mass is 488 g/mol. The largest absolute Gasteiger partial charge is 0.459 e. The first-order valence-electron chi connectivity index (χ1n) is 11.1. The average Bonchev–Trinajstić information content (AvgIpc) is 2.87. The normalized spacial score (nSPS) is 10.7. The summed E-state index contributed by atoms with van der Waals surface area (Å²) in [6, 6.07) is 26.1. The van der Waals surface area contributed by atoms with Crippen LogP contribution >= 0.6 is 11.6 Å². The molecule has 178 valence electrons. The van der Waals surface area contributed by atoms with Crippen molar-refractivity contribution < 1.29 is 9.53 Å². The molecule has 1 aromatic heterocycles. The van der Waals surface area contributed by atoms with Gasteiger partial charge in [0.2, 0.25) is 0 Å². The van der Waals surface area contributed by atoms with Gasteiger partial charge in [-0.15, -0.1) is 0 Å². The molecule has 3 N–H and O–H groups in total. The summed E-state index contributed by atoms with van der Waals surface area (Å²) in [6.45, 7) is 0.243. The van der Waals surface area contributed by atoms with Gasteiger partial charge < -0.3 is 15.8 Å². The number of hydrogen-bond donors (Lipinski definition) is 2. The lowest BCUT2D eigenvalue weighted by molar-refractivity contribution is -0.145. The first-order chi connectivity index (χ1) is 17.0. The zero-order valence-electron chi connectivity index (χ0n) is 19.0. The number of nitrogen functional groups attached to an aromatic ring is 1. The number of anilines is 2. The molecule has 0 aliphatic heterocycles. The second-order valence-electron chi connectivity index (χ2n) is 7.93. The molecule has 0 spiro atoms. The van der Waals surface area contributed by atoms with Crippen LogP contribution in [0.25, 0.3) is 11.3 Å². The topological polar surface area (TPSA) is 99.2 Å². The van der Waals surface area contributed by atoms with Gasteiger partial charge in [-0.2, -0.15) is 0 Å². The van der Waals surface area contributed by atoms with Crippen LogP contribution in [0, 0.1) is 0 Å². The summed E-state index contributed by atoms with van der Waals surface area (Å²) >= 11 is 6.54. The quantitative estimate of drug-likeness (QED) is 0.265. The van der Waals surface area contributed by atoms with Crippen LogP contribution in [0.2, 0.25) is 5.15 Å². The Kier molecular flexibility index (Phi) is 7.80. The van der Waals surface area contributed by atoms with E-state index in [1.807, 2.05) is 60.7 Å². The maximum absolute atomic E-state index is 13.4. The molecule has 3 aromatic carbocycles. The SMILES string of the molecule is Nc1cccc(-c2c(Cl)nc(NCCc3ccccc3)c(=O)n2CC(=O)OCc2ccccc2)c1. The molecule has 0 aliphatic rings. The van der Waals surface area contributed by atoms with Crippen molar-refractivity contribution in [3.8, 4) is 11.3 Å². The molecule has 8 heteroatoms. The highest BCUT2D eigenvalue weighted by molar-refractivity contribution is 6.32. The minimum Gasteiger partial charge on any atom is -0.459 e. The molecule has 35 heavy (non-hydrogen) atoms. The third-order valence-corrected chi connectivity index (χ3v) is 5.63. The van der Waals surface area contributed by atoms with Crippen LogP contribution < -0.4 is 16.6 Å². The Morgan fingerprint density at radius 2 is 1.66 bits per heavy atom. The minimum atomic E-state index is -0.571. The maximum Gasteiger partial charge on any atom is 0.326 e.